The molecule has 10 rings (SSSR count). The predicted molar refractivity (Wildman–Crippen MR) is 247 cm³/mol. The molecule has 59 heavy (non-hydrogen) atoms. The van der Waals surface area contributed by atoms with Crippen molar-refractivity contribution < 1.29 is 0 Å². The normalized spacial score (nSPS) is 11.3. The summed E-state index contributed by atoms with van der Waals surface area (Å²) >= 11 is 0. The summed E-state index contributed by atoms with van der Waals surface area (Å²) in [5.74, 6) is 0.736. The summed E-state index contributed by atoms with van der Waals surface area (Å²) in [5.41, 5.74) is 17.8. The largest absolute Gasteiger partial charge is 0.310 e. The van der Waals surface area contributed by atoms with E-state index in [0.717, 1.165) is 62.1 Å². The van der Waals surface area contributed by atoms with Gasteiger partial charge in [0, 0.05) is 50.2 Å². The molecule has 0 bridgehead atoms. The van der Waals surface area contributed by atoms with E-state index in [1.54, 1.807) is 0 Å². The van der Waals surface area contributed by atoms with Crippen LogP contribution in [-0.4, -0.2) is 14.5 Å². The fraction of sp³-hybridized carbons (Fsp3) is 0.0545. The second-order valence-corrected chi connectivity index (χ2v) is 15.2. The van der Waals surface area contributed by atoms with Gasteiger partial charge in [-0.1, -0.05) is 133 Å². The number of aryl methyl sites for hydroxylation is 3. The summed E-state index contributed by atoms with van der Waals surface area (Å²) in [7, 11) is 0. The topological polar surface area (TPSA) is 34.0 Å². The van der Waals surface area contributed by atoms with Crippen LogP contribution in [0.5, 0.6) is 0 Å². The number of hydrogen-bond acceptors (Lipinski definition) is 3. The van der Waals surface area contributed by atoms with Crippen LogP contribution < -0.4 is 4.90 Å². The van der Waals surface area contributed by atoms with Gasteiger partial charge in [-0.25, -0.2) is 9.97 Å². The number of nitrogens with zero attached hydrogens (tertiary/aromatic N) is 4. The maximum absolute atomic E-state index is 5.13. The van der Waals surface area contributed by atoms with Gasteiger partial charge in [0.25, 0.3) is 0 Å². The third-order valence-corrected chi connectivity index (χ3v) is 11.4. The highest BCUT2D eigenvalue weighted by molar-refractivity contribution is 6.10. The first-order chi connectivity index (χ1) is 29.0. The van der Waals surface area contributed by atoms with Crippen LogP contribution in [0.2, 0.25) is 0 Å². The average Bonchev–Trinajstić information content (AvgIpc) is 3.61. The minimum Gasteiger partial charge on any atom is -0.310 e. The van der Waals surface area contributed by atoms with E-state index in [9.17, 15) is 0 Å². The quantitative estimate of drug-likeness (QED) is 0.155. The highest BCUT2D eigenvalue weighted by atomic mass is 15.1. The lowest BCUT2D eigenvalue weighted by atomic mass is 9.99. The molecule has 0 amide bonds. The average molecular weight is 759 g/mol. The van der Waals surface area contributed by atoms with Crippen LogP contribution in [0.25, 0.3) is 72.5 Å². The first-order valence-electron chi connectivity index (χ1n) is 20.2. The number of para-hydroxylation sites is 3. The summed E-state index contributed by atoms with van der Waals surface area (Å²) < 4.78 is 2.42. The van der Waals surface area contributed by atoms with Gasteiger partial charge in [0.05, 0.1) is 22.4 Å². The van der Waals surface area contributed by atoms with Gasteiger partial charge in [-0.05, 0) is 115 Å². The number of rotatable bonds is 8. The second kappa shape index (κ2) is 15.1. The van der Waals surface area contributed by atoms with Gasteiger partial charge in [-0.15, -0.1) is 0 Å². The van der Waals surface area contributed by atoms with E-state index in [-0.39, 0.29) is 0 Å². The zero-order chi connectivity index (χ0) is 39.9. The summed E-state index contributed by atoms with van der Waals surface area (Å²) in [6, 6.07) is 71.3. The lowest BCUT2D eigenvalue weighted by molar-refractivity contribution is 1.15. The first-order valence-corrected chi connectivity index (χ1v) is 20.2. The number of benzene rings is 8. The minimum atomic E-state index is 0.736. The van der Waals surface area contributed by atoms with E-state index in [4.69, 9.17) is 9.97 Å². The molecule has 0 N–H and O–H groups in total. The Bertz CT molecular complexity index is 3020. The molecule has 0 spiro atoms. The zero-order valence-corrected chi connectivity index (χ0v) is 33.3. The van der Waals surface area contributed by atoms with Crippen molar-refractivity contribution in [2.45, 2.75) is 20.8 Å². The van der Waals surface area contributed by atoms with Gasteiger partial charge >= 0.3 is 0 Å². The lowest BCUT2D eigenvalue weighted by Crippen LogP contribution is -2.09. The van der Waals surface area contributed by atoms with Gasteiger partial charge < -0.3 is 9.47 Å². The fourth-order valence-electron chi connectivity index (χ4n) is 8.42. The Morgan fingerprint density at radius 3 is 1.61 bits per heavy atom. The molecule has 4 nitrogen and oxygen atoms in total. The van der Waals surface area contributed by atoms with E-state index < -0.39 is 0 Å². The molecule has 0 fully saturated rings. The Kier molecular flexibility index (Phi) is 9.15. The maximum atomic E-state index is 5.13. The SMILES string of the molecule is Cc1ccccc1-c1cc(-c2ccc(-c3ccc(-n4c5ccccc5c5cc(N(c6ccccc6)c6ccccc6)ccc54)c(C)c3)cc2)nc(-c2ccccc2C)n1. The lowest BCUT2D eigenvalue weighted by Gasteiger charge is -2.25. The molecule has 0 saturated heterocycles. The minimum absolute atomic E-state index is 0.736. The van der Waals surface area contributed by atoms with Crippen molar-refractivity contribution in [2.24, 2.45) is 0 Å². The van der Waals surface area contributed by atoms with Crippen LogP contribution in [0.3, 0.4) is 0 Å². The van der Waals surface area contributed by atoms with Crippen molar-refractivity contribution in [2.75, 3.05) is 4.90 Å². The van der Waals surface area contributed by atoms with E-state index in [1.165, 1.54) is 44.2 Å². The van der Waals surface area contributed by atoms with Crippen molar-refractivity contribution in [3.63, 3.8) is 0 Å². The van der Waals surface area contributed by atoms with Gasteiger partial charge in [-0.3, -0.25) is 0 Å². The Morgan fingerprint density at radius 2 is 0.932 bits per heavy atom. The second-order valence-electron chi connectivity index (χ2n) is 15.2. The molecule has 0 radical (unpaired) electrons. The van der Waals surface area contributed by atoms with Crippen LogP contribution in [-0.2, 0) is 0 Å². The van der Waals surface area contributed by atoms with E-state index >= 15 is 0 Å². The number of hydrogen-bond donors (Lipinski definition) is 0. The molecule has 4 heteroatoms. The fourth-order valence-corrected chi connectivity index (χ4v) is 8.42. The molecular weight excluding hydrogens is 717 g/mol. The van der Waals surface area contributed by atoms with Crippen LogP contribution in [0.4, 0.5) is 17.1 Å². The van der Waals surface area contributed by atoms with Crippen LogP contribution in [0.1, 0.15) is 16.7 Å². The standard InChI is InChI=1S/C55H42N4/c1-37-16-10-12-22-46(37)51-36-50(56-55(57-51)47-23-13-11-17-38(47)2)41-28-26-40(27-29-41)42-30-32-52(39(3)34-42)59-53-25-15-14-24-48(53)49-35-45(31-33-54(49)59)58(43-18-6-4-7-19-43)44-20-8-5-9-21-44/h4-36H,1-3H3. The number of aromatic nitrogens is 3. The number of anilines is 3. The van der Waals surface area contributed by atoms with Crippen LogP contribution in [0.15, 0.2) is 200 Å². The monoisotopic (exact) mass is 758 g/mol. The molecule has 0 aliphatic rings. The summed E-state index contributed by atoms with van der Waals surface area (Å²) in [5, 5.41) is 2.44. The van der Waals surface area contributed by atoms with Crippen LogP contribution >= 0.6 is 0 Å². The third kappa shape index (κ3) is 6.65. The van der Waals surface area contributed by atoms with E-state index in [1.807, 2.05) is 0 Å². The van der Waals surface area contributed by atoms with Gasteiger partial charge in [0.15, 0.2) is 5.82 Å². The van der Waals surface area contributed by atoms with Crippen molar-refractivity contribution in [3.05, 3.63) is 217 Å². The molecular formula is C55H42N4. The van der Waals surface area contributed by atoms with Crippen molar-refractivity contribution in [1.29, 1.82) is 0 Å². The van der Waals surface area contributed by atoms with Crippen molar-refractivity contribution in [3.8, 4) is 50.7 Å². The summed E-state index contributed by atoms with van der Waals surface area (Å²) in [6.07, 6.45) is 0. The Morgan fingerprint density at radius 1 is 0.373 bits per heavy atom. The van der Waals surface area contributed by atoms with Gasteiger partial charge in [0.1, 0.15) is 0 Å². The molecule has 282 valence electrons. The smallest absolute Gasteiger partial charge is 0.160 e. The highest BCUT2D eigenvalue weighted by Crippen LogP contribution is 2.40. The summed E-state index contributed by atoms with van der Waals surface area (Å²) in [6.45, 7) is 6.47. The Balaban J connectivity index is 1.02. The zero-order valence-electron chi connectivity index (χ0n) is 33.3. The van der Waals surface area contributed by atoms with Gasteiger partial charge in [0.2, 0.25) is 0 Å². The Labute approximate surface area is 345 Å². The van der Waals surface area contributed by atoms with Crippen LogP contribution in [0, 0.1) is 20.8 Å². The molecule has 0 aliphatic heterocycles. The highest BCUT2D eigenvalue weighted by Gasteiger charge is 2.19. The predicted octanol–water partition coefficient (Wildman–Crippen LogP) is 14.6. The molecule has 2 heterocycles. The van der Waals surface area contributed by atoms with Crippen molar-refractivity contribution >= 4 is 38.9 Å². The molecule has 0 atom stereocenters. The molecule has 0 saturated carbocycles. The molecule has 0 aliphatic carbocycles. The van der Waals surface area contributed by atoms with Gasteiger partial charge in [-0.2, -0.15) is 0 Å². The Hall–Kier alpha value is -7.56. The molecule has 2 aromatic heterocycles. The molecule has 8 aromatic carbocycles. The molecule has 0 unspecified atom stereocenters. The summed E-state index contributed by atoms with van der Waals surface area (Å²) in [4.78, 5) is 12.5. The van der Waals surface area contributed by atoms with E-state index in [0.29, 0.717) is 0 Å². The molecule has 10 aromatic rings. The third-order valence-electron chi connectivity index (χ3n) is 11.4. The van der Waals surface area contributed by atoms with Crippen molar-refractivity contribution in [1.82, 2.24) is 14.5 Å². The van der Waals surface area contributed by atoms with E-state index in [2.05, 4.69) is 230 Å². The number of fused-ring (bicyclic) bond motifs is 3. The first kappa shape index (κ1) is 35.8. The maximum Gasteiger partial charge on any atom is 0.160 e.